The van der Waals surface area contributed by atoms with Gasteiger partial charge in [-0.2, -0.15) is 5.26 Å². The maximum Gasteiger partial charge on any atom is 0.197 e. The van der Waals surface area contributed by atoms with Crippen molar-refractivity contribution in [2.45, 2.75) is 10.2 Å². The van der Waals surface area contributed by atoms with E-state index in [2.05, 4.69) is 15.2 Å². The number of halogens is 1. The molecule has 0 saturated heterocycles. The topological polar surface area (TPSA) is 67.4 Å². The van der Waals surface area contributed by atoms with Gasteiger partial charge in [-0.3, -0.25) is 0 Å². The summed E-state index contributed by atoms with van der Waals surface area (Å²) in [5.74, 6) is 0.746. The van der Waals surface area contributed by atoms with E-state index < -0.39 is 0 Å². The van der Waals surface area contributed by atoms with Crippen LogP contribution in [-0.4, -0.2) is 19.7 Å². The van der Waals surface area contributed by atoms with Gasteiger partial charge in [0, 0.05) is 17.6 Å². The number of nitriles is 1. The van der Waals surface area contributed by atoms with Crippen molar-refractivity contribution in [2.24, 2.45) is 7.05 Å². The Kier molecular flexibility index (Phi) is 4.09. The quantitative estimate of drug-likeness (QED) is 0.736. The van der Waals surface area contributed by atoms with Crippen molar-refractivity contribution in [3.05, 3.63) is 53.2 Å². The first kappa shape index (κ1) is 14.6. The van der Waals surface area contributed by atoms with E-state index in [0.717, 1.165) is 11.4 Å². The Morgan fingerprint density at radius 3 is 2.64 bits per heavy atom. The molecule has 7 heteroatoms. The van der Waals surface area contributed by atoms with Crippen LogP contribution in [0.1, 0.15) is 5.69 Å². The van der Waals surface area contributed by atoms with Crippen LogP contribution in [0.4, 0.5) is 0 Å². The standard InChI is InChI=1S/C15H10ClN5S/c1-21-14(10-5-7-11(16)8-6-10)19-20-15(21)22-13-4-2-3-12(9-17)18-13/h2-8H,1H3. The predicted molar refractivity (Wildman–Crippen MR) is 84.5 cm³/mol. The van der Waals surface area contributed by atoms with E-state index >= 15 is 0 Å². The highest BCUT2D eigenvalue weighted by Crippen LogP contribution is 2.27. The van der Waals surface area contributed by atoms with Crippen LogP contribution in [0.2, 0.25) is 5.02 Å². The molecule has 108 valence electrons. The molecule has 0 amide bonds. The van der Waals surface area contributed by atoms with Crippen LogP contribution in [0.5, 0.6) is 0 Å². The molecule has 0 spiro atoms. The Morgan fingerprint density at radius 2 is 1.91 bits per heavy atom. The Bertz CT molecular complexity index is 851. The lowest BCUT2D eigenvalue weighted by molar-refractivity contribution is 0.792. The number of rotatable bonds is 3. The average Bonchev–Trinajstić information content (AvgIpc) is 2.89. The zero-order valence-electron chi connectivity index (χ0n) is 11.6. The van der Waals surface area contributed by atoms with E-state index in [1.54, 1.807) is 12.1 Å². The fraction of sp³-hybridized carbons (Fsp3) is 0.0667. The lowest BCUT2D eigenvalue weighted by atomic mass is 10.2. The van der Waals surface area contributed by atoms with Crippen LogP contribution in [0, 0.1) is 11.3 Å². The summed E-state index contributed by atoms with van der Waals surface area (Å²) in [6.07, 6.45) is 0. The fourth-order valence-corrected chi connectivity index (χ4v) is 2.79. The lowest BCUT2D eigenvalue weighted by Gasteiger charge is -2.03. The van der Waals surface area contributed by atoms with Gasteiger partial charge in [0.1, 0.15) is 16.8 Å². The SMILES string of the molecule is Cn1c(Sc2cccc(C#N)n2)nnc1-c1ccc(Cl)cc1. The molecule has 0 atom stereocenters. The van der Waals surface area contributed by atoms with Crippen LogP contribution >= 0.6 is 23.4 Å². The van der Waals surface area contributed by atoms with Gasteiger partial charge in [0.15, 0.2) is 11.0 Å². The highest BCUT2D eigenvalue weighted by atomic mass is 35.5. The minimum atomic E-state index is 0.380. The number of benzene rings is 1. The first-order chi connectivity index (χ1) is 10.7. The predicted octanol–water partition coefficient (Wildman–Crippen LogP) is 3.55. The zero-order chi connectivity index (χ0) is 15.5. The van der Waals surface area contributed by atoms with E-state index in [1.807, 2.05) is 48.0 Å². The smallest absolute Gasteiger partial charge is 0.197 e. The second-order valence-electron chi connectivity index (χ2n) is 4.45. The summed E-state index contributed by atoms with van der Waals surface area (Å²) in [6, 6.07) is 14.8. The van der Waals surface area contributed by atoms with E-state index in [9.17, 15) is 0 Å². The Morgan fingerprint density at radius 1 is 1.14 bits per heavy atom. The molecule has 0 bridgehead atoms. The van der Waals surface area contributed by atoms with Gasteiger partial charge in [-0.05, 0) is 48.2 Å². The normalized spacial score (nSPS) is 10.4. The van der Waals surface area contributed by atoms with Gasteiger partial charge in [0.2, 0.25) is 0 Å². The number of hydrogen-bond acceptors (Lipinski definition) is 5. The number of nitrogens with zero attached hydrogens (tertiary/aromatic N) is 5. The van der Waals surface area contributed by atoms with Gasteiger partial charge < -0.3 is 4.57 Å². The van der Waals surface area contributed by atoms with Gasteiger partial charge in [-0.1, -0.05) is 17.7 Å². The Labute approximate surface area is 136 Å². The van der Waals surface area contributed by atoms with Crippen molar-refractivity contribution in [2.75, 3.05) is 0 Å². The van der Waals surface area contributed by atoms with E-state index in [0.29, 0.717) is 20.9 Å². The third-order valence-electron chi connectivity index (χ3n) is 2.97. The van der Waals surface area contributed by atoms with Crippen LogP contribution in [0.25, 0.3) is 11.4 Å². The molecule has 22 heavy (non-hydrogen) atoms. The number of hydrogen-bond donors (Lipinski definition) is 0. The number of pyridine rings is 1. The molecule has 0 aliphatic carbocycles. The maximum absolute atomic E-state index is 8.89. The molecule has 0 N–H and O–H groups in total. The van der Waals surface area contributed by atoms with E-state index in [4.69, 9.17) is 16.9 Å². The van der Waals surface area contributed by atoms with Crippen molar-refractivity contribution in [1.29, 1.82) is 5.26 Å². The highest BCUT2D eigenvalue weighted by molar-refractivity contribution is 7.99. The van der Waals surface area contributed by atoms with Crippen LogP contribution in [0.15, 0.2) is 52.6 Å². The lowest BCUT2D eigenvalue weighted by Crippen LogP contribution is -1.95. The van der Waals surface area contributed by atoms with Gasteiger partial charge in [-0.15, -0.1) is 10.2 Å². The fourth-order valence-electron chi connectivity index (χ4n) is 1.88. The minimum Gasteiger partial charge on any atom is -0.305 e. The Balaban J connectivity index is 1.90. The van der Waals surface area contributed by atoms with E-state index in [-0.39, 0.29) is 0 Å². The van der Waals surface area contributed by atoms with Gasteiger partial charge >= 0.3 is 0 Å². The number of aromatic nitrogens is 4. The first-order valence-electron chi connectivity index (χ1n) is 6.38. The van der Waals surface area contributed by atoms with Crippen molar-refractivity contribution in [3.8, 4) is 17.5 Å². The maximum atomic E-state index is 8.89. The van der Waals surface area contributed by atoms with Crippen molar-refractivity contribution >= 4 is 23.4 Å². The molecule has 2 heterocycles. The summed E-state index contributed by atoms with van der Waals surface area (Å²) in [6.45, 7) is 0. The first-order valence-corrected chi connectivity index (χ1v) is 7.57. The van der Waals surface area contributed by atoms with Gasteiger partial charge in [0.05, 0.1) is 0 Å². The third kappa shape index (κ3) is 2.96. The summed E-state index contributed by atoms with van der Waals surface area (Å²) in [7, 11) is 1.89. The van der Waals surface area contributed by atoms with Crippen LogP contribution in [-0.2, 0) is 7.05 Å². The molecule has 0 saturated carbocycles. The molecule has 3 rings (SSSR count). The molecule has 0 aliphatic heterocycles. The molecule has 0 aliphatic rings. The van der Waals surface area contributed by atoms with Crippen LogP contribution in [0.3, 0.4) is 0 Å². The molecular formula is C15H10ClN5S. The largest absolute Gasteiger partial charge is 0.305 e. The molecule has 5 nitrogen and oxygen atoms in total. The molecule has 1 aromatic carbocycles. The molecule has 0 radical (unpaired) electrons. The van der Waals surface area contributed by atoms with Crippen molar-refractivity contribution in [3.63, 3.8) is 0 Å². The second-order valence-corrected chi connectivity index (χ2v) is 5.87. The molecule has 3 aromatic rings. The molecule has 2 aromatic heterocycles. The third-order valence-corrected chi connectivity index (χ3v) is 4.20. The van der Waals surface area contributed by atoms with Crippen molar-refractivity contribution < 1.29 is 0 Å². The molecular weight excluding hydrogens is 318 g/mol. The summed E-state index contributed by atoms with van der Waals surface area (Å²) >= 11 is 7.26. The highest BCUT2D eigenvalue weighted by Gasteiger charge is 2.12. The van der Waals surface area contributed by atoms with Gasteiger partial charge in [-0.25, -0.2) is 4.98 Å². The summed E-state index contributed by atoms with van der Waals surface area (Å²) in [5.41, 5.74) is 1.31. The van der Waals surface area contributed by atoms with Crippen LogP contribution < -0.4 is 0 Å². The van der Waals surface area contributed by atoms with Crippen molar-refractivity contribution in [1.82, 2.24) is 19.7 Å². The minimum absolute atomic E-state index is 0.380. The monoisotopic (exact) mass is 327 g/mol. The summed E-state index contributed by atoms with van der Waals surface area (Å²) < 4.78 is 1.88. The van der Waals surface area contributed by atoms with Gasteiger partial charge in [0.25, 0.3) is 0 Å². The summed E-state index contributed by atoms with van der Waals surface area (Å²) in [5, 5.41) is 19.4. The molecule has 0 fully saturated rings. The molecule has 0 unspecified atom stereocenters. The van der Waals surface area contributed by atoms with E-state index in [1.165, 1.54) is 11.8 Å². The summed E-state index contributed by atoms with van der Waals surface area (Å²) in [4.78, 5) is 4.22. The Hall–Kier alpha value is -2.36. The zero-order valence-corrected chi connectivity index (χ0v) is 13.1. The average molecular weight is 328 g/mol. The second kappa shape index (κ2) is 6.18.